The van der Waals surface area contributed by atoms with Gasteiger partial charge in [-0.05, 0) is 31.3 Å². The Hall–Kier alpha value is -0.900. The molecule has 15 heavy (non-hydrogen) atoms. The lowest BCUT2D eigenvalue weighted by Gasteiger charge is -2.17. The van der Waals surface area contributed by atoms with E-state index in [4.69, 9.17) is 0 Å². The maximum Gasteiger partial charge on any atom is 0.0692 e. The average Bonchev–Trinajstić information content (AvgIpc) is 2.61. The largest absolute Gasteiger partial charge is 0.317 e. The molecule has 0 aliphatic rings. The van der Waals surface area contributed by atoms with Crippen molar-refractivity contribution in [3.8, 4) is 0 Å². The van der Waals surface area contributed by atoms with E-state index in [1.165, 1.54) is 6.42 Å². The van der Waals surface area contributed by atoms with Crippen LogP contribution in [0.25, 0.3) is 0 Å². The van der Waals surface area contributed by atoms with Gasteiger partial charge in [-0.3, -0.25) is 4.68 Å². The quantitative estimate of drug-likeness (QED) is 0.727. The molecule has 0 aliphatic heterocycles. The molecule has 0 saturated carbocycles. The van der Waals surface area contributed by atoms with Crippen molar-refractivity contribution < 1.29 is 0 Å². The number of nitrogens with one attached hydrogen (secondary N) is 1. The molecule has 0 radical (unpaired) electrons. The van der Waals surface area contributed by atoms with Gasteiger partial charge < -0.3 is 5.32 Å². The topological polar surface area (TPSA) is 42.7 Å². The van der Waals surface area contributed by atoms with E-state index in [9.17, 15) is 0 Å². The summed E-state index contributed by atoms with van der Waals surface area (Å²) in [6.07, 6.45) is 5.94. The van der Waals surface area contributed by atoms with Crippen LogP contribution >= 0.6 is 0 Å². The molecule has 0 atom stereocenters. The maximum atomic E-state index is 3.91. The second kappa shape index (κ2) is 5.85. The Bertz CT molecular complexity index is 248. The lowest BCUT2D eigenvalue weighted by atomic mass is 9.92. The summed E-state index contributed by atoms with van der Waals surface area (Å²) in [6.45, 7) is 9.90. The van der Waals surface area contributed by atoms with Gasteiger partial charge in [-0.25, -0.2) is 0 Å². The number of rotatable bonds is 6. The Kier molecular flexibility index (Phi) is 4.75. The Morgan fingerprint density at radius 1 is 1.27 bits per heavy atom. The molecule has 1 rings (SSSR count). The fourth-order valence-corrected chi connectivity index (χ4v) is 1.31. The van der Waals surface area contributed by atoms with Crippen molar-refractivity contribution in [2.24, 2.45) is 5.41 Å². The summed E-state index contributed by atoms with van der Waals surface area (Å²) in [6, 6.07) is 0. The highest BCUT2D eigenvalue weighted by Crippen LogP contribution is 2.16. The molecule has 4 heteroatoms. The highest BCUT2D eigenvalue weighted by atomic mass is 15.4. The molecule has 0 unspecified atom stereocenters. The molecular weight excluding hydrogens is 188 g/mol. The van der Waals surface area contributed by atoms with Gasteiger partial charge in [-0.15, -0.1) is 5.10 Å². The van der Waals surface area contributed by atoms with Crippen molar-refractivity contribution in [3.63, 3.8) is 0 Å². The first-order valence-electron chi connectivity index (χ1n) is 5.63. The number of nitrogens with zero attached hydrogens (tertiary/aromatic N) is 3. The van der Waals surface area contributed by atoms with Gasteiger partial charge in [0.1, 0.15) is 0 Å². The van der Waals surface area contributed by atoms with E-state index < -0.39 is 0 Å². The SMILES string of the molecule is CC(C)(C)CCNCCCn1ccnn1. The smallest absolute Gasteiger partial charge is 0.0692 e. The second-order valence-corrected chi connectivity index (χ2v) is 5.08. The minimum absolute atomic E-state index is 0.429. The summed E-state index contributed by atoms with van der Waals surface area (Å²) in [7, 11) is 0. The first-order chi connectivity index (χ1) is 7.08. The minimum Gasteiger partial charge on any atom is -0.317 e. The summed E-state index contributed by atoms with van der Waals surface area (Å²) >= 11 is 0. The normalized spacial score (nSPS) is 11.9. The fourth-order valence-electron chi connectivity index (χ4n) is 1.31. The molecule has 1 heterocycles. The van der Waals surface area contributed by atoms with Crippen molar-refractivity contribution in [1.29, 1.82) is 0 Å². The lowest BCUT2D eigenvalue weighted by Crippen LogP contribution is -2.22. The third-order valence-corrected chi connectivity index (χ3v) is 2.26. The summed E-state index contributed by atoms with van der Waals surface area (Å²) in [5.41, 5.74) is 0.429. The van der Waals surface area contributed by atoms with E-state index in [2.05, 4.69) is 36.4 Å². The van der Waals surface area contributed by atoms with Gasteiger partial charge in [0, 0.05) is 12.7 Å². The molecule has 86 valence electrons. The highest BCUT2D eigenvalue weighted by molar-refractivity contribution is 4.65. The molecule has 0 aliphatic carbocycles. The fraction of sp³-hybridized carbons (Fsp3) is 0.818. The summed E-state index contributed by atoms with van der Waals surface area (Å²) in [5, 5.41) is 11.1. The number of hydrogen-bond acceptors (Lipinski definition) is 3. The average molecular weight is 210 g/mol. The third kappa shape index (κ3) is 6.23. The van der Waals surface area contributed by atoms with Crippen molar-refractivity contribution in [2.45, 2.75) is 40.2 Å². The van der Waals surface area contributed by atoms with E-state index >= 15 is 0 Å². The molecule has 0 spiro atoms. The zero-order valence-electron chi connectivity index (χ0n) is 10.0. The first kappa shape index (κ1) is 12.2. The van der Waals surface area contributed by atoms with Crippen LogP contribution in [0.4, 0.5) is 0 Å². The Morgan fingerprint density at radius 3 is 2.67 bits per heavy atom. The molecular formula is C11H22N4. The standard InChI is InChI=1S/C11H22N4/c1-11(2,3)5-7-12-6-4-9-15-10-8-13-14-15/h8,10,12H,4-7,9H2,1-3H3. The van der Waals surface area contributed by atoms with E-state index in [1.807, 2.05) is 10.9 Å². The Balaban J connectivity index is 1.94. The van der Waals surface area contributed by atoms with E-state index in [1.54, 1.807) is 6.20 Å². The van der Waals surface area contributed by atoms with E-state index in [0.717, 1.165) is 26.1 Å². The molecule has 0 bridgehead atoms. The van der Waals surface area contributed by atoms with Crippen molar-refractivity contribution in [1.82, 2.24) is 20.3 Å². The zero-order valence-corrected chi connectivity index (χ0v) is 10.0. The molecule has 0 fully saturated rings. The van der Waals surface area contributed by atoms with Gasteiger partial charge in [0.05, 0.1) is 6.20 Å². The van der Waals surface area contributed by atoms with Crippen LogP contribution in [0.1, 0.15) is 33.6 Å². The van der Waals surface area contributed by atoms with Crippen LogP contribution in [-0.4, -0.2) is 28.1 Å². The zero-order chi connectivity index (χ0) is 11.1. The predicted octanol–water partition coefficient (Wildman–Crippen LogP) is 1.69. The highest BCUT2D eigenvalue weighted by Gasteiger charge is 2.08. The van der Waals surface area contributed by atoms with E-state index in [0.29, 0.717) is 5.41 Å². The second-order valence-electron chi connectivity index (χ2n) is 5.08. The van der Waals surface area contributed by atoms with Crippen molar-refractivity contribution in [2.75, 3.05) is 13.1 Å². The summed E-state index contributed by atoms with van der Waals surface area (Å²) in [4.78, 5) is 0. The van der Waals surface area contributed by atoms with Crippen LogP contribution in [0.2, 0.25) is 0 Å². The van der Waals surface area contributed by atoms with Crippen LogP contribution in [0.15, 0.2) is 12.4 Å². The maximum absolute atomic E-state index is 3.91. The number of hydrogen-bond donors (Lipinski definition) is 1. The molecule has 0 saturated heterocycles. The van der Waals surface area contributed by atoms with Crippen LogP contribution in [0.5, 0.6) is 0 Å². The monoisotopic (exact) mass is 210 g/mol. The molecule has 1 aromatic heterocycles. The van der Waals surface area contributed by atoms with Gasteiger partial charge in [0.15, 0.2) is 0 Å². The number of aromatic nitrogens is 3. The third-order valence-electron chi connectivity index (χ3n) is 2.26. The van der Waals surface area contributed by atoms with Gasteiger partial charge in [0.25, 0.3) is 0 Å². The summed E-state index contributed by atoms with van der Waals surface area (Å²) in [5.74, 6) is 0. The number of aryl methyl sites for hydroxylation is 1. The van der Waals surface area contributed by atoms with Gasteiger partial charge in [-0.2, -0.15) is 0 Å². The lowest BCUT2D eigenvalue weighted by molar-refractivity contribution is 0.365. The van der Waals surface area contributed by atoms with Gasteiger partial charge >= 0.3 is 0 Å². The Morgan fingerprint density at radius 2 is 2.07 bits per heavy atom. The first-order valence-corrected chi connectivity index (χ1v) is 5.63. The van der Waals surface area contributed by atoms with E-state index in [-0.39, 0.29) is 0 Å². The molecule has 0 aromatic carbocycles. The van der Waals surface area contributed by atoms with Crippen LogP contribution in [0, 0.1) is 5.41 Å². The minimum atomic E-state index is 0.429. The van der Waals surface area contributed by atoms with Crippen molar-refractivity contribution >= 4 is 0 Å². The molecule has 1 aromatic rings. The molecule has 0 amide bonds. The van der Waals surface area contributed by atoms with Gasteiger partial charge in [0.2, 0.25) is 0 Å². The molecule has 1 N–H and O–H groups in total. The molecule has 4 nitrogen and oxygen atoms in total. The predicted molar refractivity (Wildman–Crippen MR) is 61.6 cm³/mol. The van der Waals surface area contributed by atoms with Crippen molar-refractivity contribution in [3.05, 3.63) is 12.4 Å². The Labute approximate surface area is 92.1 Å². The van der Waals surface area contributed by atoms with Crippen LogP contribution < -0.4 is 5.32 Å². The van der Waals surface area contributed by atoms with Gasteiger partial charge in [-0.1, -0.05) is 26.0 Å². The van der Waals surface area contributed by atoms with Crippen LogP contribution in [0.3, 0.4) is 0 Å². The summed E-state index contributed by atoms with van der Waals surface area (Å²) < 4.78 is 1.87. The van der Waals surface area contributed by atoms with Crippen LogP contribution in [-0.2, 0) is 6.54 Å².